The van der Waals surface area contributed by atoms with Crippen molar-refractivity contribution in [1.82, 2.24) is 9.55 Å². The highest BCUT2D eigenvalue weighted by atomic mass is 32.2. The molecule has 0 spiro atoms. The molecule has 4 nitrogen and oxygen atoms in total. The minimum atomic E-state index is -1.08. The fourth-order valence-electron chi connectivity index (χ4n) is 1.78. The molecule has 5 heteroatoms. The van der Waals surface area contributed by atoms with Crippen molar-refractivity contribution in [2.45, 2.75) is 18.2 Å². The van der Waals surface area contributed by atoms with E-state index in [2.05, 4.69) is 4.98 Å². The predicted octanol–water partition coefficient (Wildman–Crippen LogP) is 1.66. The summed E-state index contributed by atoms with van der Waals surface area (Å²) in [5.41, 5.74) is 7.55. The Kier molecular flexibility index (Phi) is 3.81. The summed E-state index contributed by atoms with van der Waals surface area (Å²) in [6.07, 6.45) is 4.32. The zero-order valence-corrected chi connectivity index (χ0v) is 11.4. The first-order chi connectivity index (χ1) is 8.59. The van der Waals surface area contributed by atoms with Gasteiger partial charge in [0.25, 0.3) is 0 Å². The quantitative estimate of drug-likeness (QED) is 0.853. The predicted molar refractivity (Wildman–Crippen MR) is 73.8 cm³/mol. The highest BCUT2D eigenvalue weighted by Crippen LogP contribution is 2.20. The molecule has 1 atom stereocenters. The van der Waals surface area contributed by atoms with E-state index in [-0.39, 0.29) is 0 Å². The third-order valence-electron chi connectivity index (χ3n) is 2.96. The molecule has 1 aromatic heterocycles. The lowest BCUT2D eigenvalue weighted by atomic mass is 10.2. The van der Waals surface area contributed by atoms with Gasteiger partial charge in [0.05, 0.1) is 21.4 Å². The van der Waals surface area contributed by atoms with E-state index in [1.54, 1.807) is 6.20 Å². The summed E-state index contributed by atoms with van der Waals surface area (Å²) < 4.78 is 14.2. The molecule has 0 saturated heterocycles. The van der Waals surface area contributed by atoms with Gasteiger partial charge in [-0.05, 0) is 18.6 Å². The van der Waals surface area contributed by atoms with Crippen molar-refractivity contribution in [3.05, 3.63) is 42.0 Å². The van der Waals surface area contributed by atoms with Gasteiger partial charge >= 0.3 is 0 Å². The van der Waals surface area contributed by atoms with Gasteiger partial charge in [-0.15, -0.1) is 0 Å². The maximum Gasteiger partial charge on any atom is 0.109 e. The maximum atomic E-state index is 12.2. The van der Waals surface area contributed by atoms with Crippen LogP contribution in [-0.2, 0) is 24.3 Å². The summed E-state index contributed by atoms with van der Waals surface area (Å²) in [6, 6.07) is 5.64. The van der Waals surface area contributed by atoms with Gasteiger partial charge < -0.3 is 10.3 Å². The minimum Gasteiger partial charge on any atom is -0.398 e. The smallest absolute Gasteiger partial charge is 0.109 e. The molecule has 0 saturated carbocycles. The van der Waals surface area contributed by atoms with E-state index in [1.165, 1.54) is 0 Å². The number of imidazole rings is 1. The van der Waals surface area contributed by atoms with Gasteiger partial charge in [-0.2, -0.15) is 0 Å². The second-order valence-electron chi connectivity index (χ2n) is 4.24. The second-order valence-corrected chi connectivity index (χ2v) is 5.78. The van der Waals surface area contributed by atoms with Gasteiger partial charge in [-0.25, -0.2) is 4.98 Å². The number of nitrogen functional groups attached to an aromatic ring is 1. The first kappa shape index (κ1) is 12.8. The number of aromatic nitrogens is 2. The number of anilines is 1. The van der Waals surface area contributed by atoms with E-state index in [1.807, 2.05) is 42.9 Å². The van der Waals surface area contributed by atoms with Crippen molar-refractivity contribution in [2.75, 3.05) is 11.5 Å². The van der Waals surface area contributed by atoms with Crippen molar-refractivity contribution in [2.24, 2.45) is 7.05 Å². The lowest BCUT2D eigenvalue weighted by molar-refractivity contribution is 0.680. The first-order valence-corrected chi connectivity index (χ1v) is 7.11. The SMILES string of the molecule is Cc1cccc(S(=O)CCc2nccn2C)c1N. The number of benzene rings is 1. The van der Waals surface area contributed by atoms with Gasteiger partial charge in [0.1, 0.15) is 5.82 Å². The zero-order valence-electron chi connectivity index (χ0n) is 10.6. The Labute approximate surface area is 109 Å². The van der Waals surface area contributed by atoms with E-state index in [0.717, 1.165) is 16.3 Å². The molecule has 1 aromatic carbocycles. The molecule has 0 radical (unpaired) electrons. The topological polar surface area (TPSA) is 60.9 Å². The van der Waals surface area contributed by atoms with Crippen LogP contribution in [0.1, 0.15) is 11.4 Å². The molecular weight excluding hydrogens is 246 g/mol. The summed E-state index contributed by atoms with van der Waals surface area (Å²) in [4.78, 5) is 4.94. The van der Waals surface area contributed by atoms with Crippen molar-refractivity contribution in [3.8, 4) is 0 Å². The lowest BCUT2D eigenvalue weighted by Gasteiger charge is -2.08. The van der Waals surface area contributed by atoms with Gasteiger partial charge in [0.15, 0.2) is 0 Å². The van der Waals surface area contributed by atoms with E-state index < -0.39 is 10.8 Å². The average molecular weight is 263 g/mol. The molecule has 1 heterocycles. The summed E-state index contributed by atoms with van der Waals surface area (Å²) in [7, 11) is 0.860. The van der Waals surface area contributed by atoms with E-state index >= 15 is 0 Å². The second kappa shape index (κ2) is 5.35. The van der Waals surface area contributed by atoms with Gasteiger partial charge in [-0.1, -0.05) is 12.1 Å². The van der Waals surface area contributed by atoms with Crippen LogP contribution in [0.4, 0.5) is 5.69 Å². The summed E-state index contributed by atoms with van der Waals surface area (Å²) >= 11 is 0. The van der Waals surface area contributed by atoms with Gasteiger partial charge in [0, 0.05) is 31.6 Å². The Morgan fingerprint density at radius 3 is 2.89 bits per heavy atom. The van der Waals surface area contributed by atoms with Crippen LogP contribution in [-0.4, -0.2) is 19.5 Å². The molecule has 0 aliphatic rings. The highest BCUT2D eigenvalue weighted by molar-refractivity contribution is 7.85. The number of nitrogens with two attached hydrogens (primary N) is 1. The molecule has 0 bridgehead atoms. The Hall–Kier alpha value is -1.62. The Morgan fingerprint density at radius 2 is 2.22 bits per heavy atom. The van der Waals surface area contributed by atoms with Crippen LogP contribution in [0.2, 0.25) is 0 Å². The molecule has 1 unspecified atom stereocenters. The van der Waals surface area contributed by atoms with Crippen LogP contribution in [0.15, 0.2) is 35.5 Å². The number of hydrogen-bond acceptors (Lipinski definition) is 3. The van der Waals surface area contributed by atoms with Crippen LogP contribution >= 0.6 is 0 Å². The standard InChI is InChI=1S/C13H17N3OS/c1-10-4-3-5-11(13(10)14)18(17)9-6-12-15-7-8-16(12)2/h3-5,7-8H,6,9,14H2,1-2H3. The molecule has 18 heavy (non-hydrogen) atoms. The summed E-state index contributed by atoms with van der Waals surface area (Å²) in [5.74, 6) is 1.48. The molecular formula is C13H17N3OS. The fourth-order valence-corrected chi connectivity index (χ4v) is 3.01. The number of rotatable bonds is 4. The molecule has 0 aliphatic carbocycles. The molecule has 2 N–H and O–H groups in total. The maximum absolute atomic E-state index is 12.2. The minimum absolute atomic E-state index is 0.540. The van der Waals surface area contributed by atoms with Crippen molar-refractivity contribution < 1.29 is 4.21 Å². The molecule has 96 valence electrons. The van der Waals surface area contributed by atoms with Crippen LogP contribution in [0.5, 0.6) is 0 Å². The number of para-hydroxylation sites is 1. The highest BCUT2D eigenvalue weighted by Gasteiger charge is 2.10. The number of hydrogen-bond donors (Lipinski definition) is 1. The van der Waals surface area contributed by atoms with Crippen molar-refractivity contribution >= 4 is 16.5 Å². The Morgan fingerprint density at radius 1 is 1.44 bits per heavy atom. The van der Waals surface area contributed by atoms with Gasteiger partial charge in [0.2, 0.25) is 0 Å². The van der Waals surface area contributed by atoms with E-state index in [4.69, 9.17) is 5.73 Å². The third kappa shape index (κ3) is 2.61. The van der Waals surface area contributed by atoms with Crippen molar-refractivity contribution in [1.29, 1.82) is 0 Å². The summed E-state index contributed by atoms with van der Waals surface area (Å²) in [5, 5.41) is 0. The van der Waals surface area contributed by atoms with E-state index in [0.29, 0.717) is 17.9 Å². The molecule has 2 aromatic rings. The monoisotopic (exact) mass is 263 g/mol. The van der Waals surface area contributed by atoms with Crippen LogP contribution < -0.4 is 5.73 Å². The fraction of sp³-hybridized carbons (Fsp3) is 0.308. The molecule has 0 fully saturated rings. The van der Waals surface area contributed by atoms with Crippen molar-refractivity contribution in [3.63, 3.8) is 0 Å². The largest absolute Gasteiger partial charge is 0.398 e. The van der Waals surface area contributed by atoms with Crippen LogP contribution in [0.25, 0.3) is 0 Å². The van der Waals surface area contributed by atoms with Crippen LogP contribution in [0, 0.1) is 6.92 Å². The Balaban J connectivity index is 2.09. The average Bonchev–Trinajstić information content (AvgIpc) is 2.75. The molecule has 0 aliphatic heterocycles. The zero-order chi connectivity index (χ0) is 13.1. The lowest BCUT2D eigenvalue weighted by Crippen LogP contribution is -2.08. The molecule has 0 amide bonds. The Bertz CT molecular complexity index is 577. The first-order valence-electron chi connectivity index (χ1n) is 5.79. The number of aryl methyl sites for hydroxylation is 3. The summed E-state index contributed by atoms with van der Waals surface area (Å²) in [6.45, 7) is 1.93. The third-order valence-corrected chi connectivity index (χ3v) is 4.38. The van der Waals surface area contributed by atoms with Gasteiger partial charge in [-0.3, -0.25) is 4.21 Å². The van der Waals surface area contributed by atoms with E-state index in [9.17, 15) is 4.21 Å². The normalized spacial score (nSPS) is 12.6. The van der Waals surface area contributed by atoms with Crippen LogP contribution in [0.3, 0.4) is 0 Å². The number of nitrogens with zero attached hydrogens (tertiary/aromatic N) is 2. The molecule has 2 rings (SSSR count).